The molecule has 0 saturated carbocycles. The van der Waals surface area contributed by atoms with Gasteiger partial charge in [-0.15, -0.1) is 0 Å². The molecule has 2 aromatic heterocycles. The molecule has 0 spiro atoms. The molecule has 0 bridgehead atoms. The molecule has 1 amide bonds. The molecule has 31 heavy (non-hydrogen) atoms. The number of hydrogen-bond donors (Lipinski definition) is 2. The van der Waals surface area contributed by atoms with Gasteiger partial charge in [-0.3, -0.25) is 9.78 Å². The number of tetrazole rings is 1. The minimum absolute atomic E-state index is 0.00486. The van der Waals surface area contributed by atoms with E-state index in [2.05, 4.69) is 20.7 Å². The van der Waals surface area contributed by atoms with Gasteiger partial charge in [-0.25, -0.2) is 4.79 Å². The predicted molar refractivity (Wildman–Crippen MR) is 109 cm³/mol. The molecule has 1 aromatic carbocycles. The van der Waals surface area contributed by atoms with Crippen LogP contribution >= 0.6 is 0 Å². The number of carbonyl (C=O) groups is 1. The van der Waals surface area contributed by atoms with Gasteiger partial charge in [0.2, 0.25) is 5.91 Å². The second kappa shape index (κ2) is 8.19. The van der Waals surface area contributed by atoms with Crippen LogP contribution < -0.4 is 16.7 Å². The van der Waals surface area contributed by atoms with E-state index in [0.717, 1.165) is 37.3 Å². The molecule has 11 heteroatoms. The van der Waals surface area contributed by atoms with E-state index >= 15 is 0 Å². The van der Waals surface area contributed by atoms with Crippen LogP contribution in [-0.4, -0.2) is 37.2 Å². The topological polar surface area (TPSA) is 121 Å². The first kappa shape index (κ1) is 20.5. The van der Waals surface area contributed by atoms with Gasteiger partial charge in [0, 0.05) is 36.0 Å². The van der Waals surface area contributed by atoms with Crippen molar-refractivity contribution in [2.24, 2.45) is 5.73 Å². The van der Waals surface area contributed by atoms with Gasteiger partial charge < -0.3 is 11.1 Å². The molecule has 4 rings (SSSR count). The third-order valence-corrected chi connectivity index (χ3v) is 5.10. The van der Waals surface area contributed by atoms with Crippen molar-refractivity contribution in [1.29, 1.82) is 0 Å². The average molecular weight is 427 g/mol. The van der Waals surface area contributed by atoms with Crippen molar-refractivity contribution in [2.45, 2.75) is 26.3 Å². The van der Waals surface area contributed by atoms with Crippen LogP contribution in [-0.2, 0) is 17.8 Å². The summed E-state index contributed by atoms with van der Waals surface area (Å²) in [6.07, 6.45) is 2.20. The largest absolute Gasteiger partial charge is 0.368 e. The molecule has 0 atom stereocenters. The normalized spacial score (nSPS) is 13.0. The molecular weight excluding hydrogens is 408 g/mol. The van der Waals surface area contributed by atoms with Gasteiger partial charge in [0.25, 0.3) is 6.08 Å². The number of hydrogen-bond acceptors (Lipinski definition) is 6. The number of aryl methyl sites for hydroxylation is 2. The molecule has 0 fully saturated rings. The standard InChI is InChI=1S/C20H19F2N7O2/c1-11-4-13(5-12-2-3-17(30)25-18(11)12)14-6-16(9-24-8-14)29-20(31)28(26-27-29)10-15(7-23)19(21)22/h4-6,8-9H,2-3,7,10,23H2,1H3,(H,25,30). The number of aromatic nitrogens is 5. The highest BCUT2D eigenvalue weighted by Gasteiger charge is 2.18. The number of carbonyl (C=O) groups excluding carboxylic acids is 1. The predicted octanol–water partition coefficient (Wildman–Crippen LogP) is 1.79. The van der Waals surface area contributed by atoms with E-state index in [9.17, 15) is 18.4 Å². The van der Waals surface area contributed by atoms with Crippen LogP contribution in [0.4, 0.5) is 14.5 Å². The summed E-state index contributed by atoms with van der Waals surface area (Å²) in [6, 6.07) is 5.61. The Morgan fingerprint density at radius 2 is 1.94 bits per heavy atom. The number of amides is 1. The Morgan fingerprint density at radius 1 is 1.13 bits per heavy atom. The number of nitrogens with two attached hydrogens (primary N) is 1. The van der Waals surface area contributed by atoms with E-state index in [0.29, 0.717) is 18.5 Å². The fourth-order valence-electron chi connectivity index (χ4n) is 3.47. The van der Waals surface area contributed by atoms with Crippen molar-refractivity contribution in [2.75, 3.05) is 11.9 Å². The van der Waals surface area contributed by atoms with Gasteiger partial charge in [0.1, 0.15) is 0 Å². The Kier molecular flexibility index (Phi) is 5.42. The Bertz CT molecular complexity index is 1260. The van der Waals surface area contributed by atoms with Crippen LogP contribution in [0.3, 0.4) is 0 Å². The summed E-state index contributed by atoms with van der Waals surface area (Å²) in [5.74, 6) is -0.00486. The van der Waals surface area contributed by atoms with Crippen LogP contribution in [0.5, 0.6) is 0 Å². The van der Waals surface area contributed by atoms with E-state index in [-0.39, 0.29) is 5.91 Å². The first-order chi connectivity index (χ1) is 14.9. The molecule has 0 unspecified atom stereocenters. The fourth-order valence-corrected chi connectivity index (χ4v) is 3.47. The van der Waals surface area contributed by atoms with Crippen LogP contribution in [0.15, 0.2) is 47.0 Å². The average Bonchev–Trinajstić information content (AvgIpc) is 3.12. The number of benzene rings is 1. The quantitative estimate of drug-likeness (QED) is 0.641. The minimum Gasteiger partial charge on any atom is -0.327 e. The Balaban J connectivity index is 1.69. The van der Waals surface area contributed by atoms with Gasteiger partial charge in [-0.05, 0) is 58.7 Å². The zero-order chi connectivity index (χ0) is 22.1. The van der Waals surface area contributed by atoms with Crippen LogP contribution in [0.2, 0.25) is 0 Å². The first-order valence-corrected chi connectivity index (χ1v) is 9.52. The van der Waals surface area contributed by atoms with E-state index < -0.39 is 30.4 Å². The van der Waals surface area contributed by atoms with Crippen molar-refractivity contribution in [3.63, 3.8) is 0 Å². The van der Waals surface area contributed by atoms with Crippen molar-refractivity contribution in [3.8, 4) is 16.8 Å². The van der Waals surface area contributed by atoms with Crippen molar-refractivity contribution >= 4 is 11.6 Å². The zero-order valence-electron chi connectivity index (χ0n) is 16.6. The molecule has 160 valence electrons. The number of nitrogens with zero attached hydrogens (tertiary/aromatic N) is 5. The maximum atomic E-state index is 12.9. The smallest absolute Gasteiger partial charge is 0.327 e. The zero-order valence-corrected chi connectivity index (χ0v) is 16.6. The highest BCUT2D eigenvalue weighted by atomic mass is 19.3. The Hall–Kier alpha value is -3.73. The molecule has 0 saturated heterocycles. The molecule has 1 aliphatic heterocycles. The molecule has 9 nitrogen and oxygen atoms in total. The third kappa shape index (κ3) is 3.99. The molecule has 0 radical (unpaired) electrons. The SMILES string of the molecule is Cc1cc(-c2cncc(-n3nnn(CC(CN)=C(F)F)c3=O)c2)cc2c1NC(=O)CC2. The summed E-state index contributed by atoms with van der Waals surface area (Å²) >= 11 is 0. The van der Waals surface area contributed by atoms with Crippen molar-refractivity contribution in [1.82, 2.24) is 24.8 Å². The maximum Gasteiger partial charge on any atom is 0.368 e. The lowest BCUT2D eigenvalue weighted by molar-refractivity contribution is -0.116. The molecule has 3 heterocycles. The Morgan fingerprint density at radius 3 is 2.68 bits per heavy atom. The van der Waals surface area contributed by atoms with Crippen LogP contribution in [0, 0.1) is 6.92 Å². The number of halogens is 2. The summed E-state index contributed by atoms with van der Waals surface area (Å²) in [4.78, 5) is 28.5. The number of rotatable bonds is 5. The molecular formula is C20H19F2N7O2. The number of nitrogens with one attached hydrogen (secondary N) is 1. The lowest BCUT2D eigenvalue weighted by Gasteiger charge is -2.20. The number of pyridine rings is 1. The van der Waals surface area contributed by atoms with Crippen molar-refractivity contribution < 1.29 is 13.6 Å². The van der Waals surface area contributed by atoms with Gasteiger partial charge in [0.05, 0.1) is 18.4 Å². The summed E-state index contributed by atoms with van der Waals surface area (Å²) in [7, 11) is 0. The molecule has 3 N–H and O–H groups in total. The summed E-state index contributed by atoms with van der Waals surface area (Å²) in [5, 5.41) is 10.4. The highest BCUT2D eigenvalue weighted by molar-refractivity contribution is 5.95. The van der Waals surface area contributed by atoms with E-state index in [1.807, 2.05) is 19.1 Å². The van der Waals surface area contributed by atoms with Gasteiger partial charge in [-0.1, -0.05) is 0 Å². The molecule has 3 aromatic rings. The third-order valence-electron chi connectivity index (χ3n) is 5.10. The number of anilines is 1. The second-order valence-corrected chi connectivity index (χ2v) is 7.21. The molecule has 0 aliphatic carbocycles. The monoisotopic (exact) mass is 427 g/mol. The fraction of sp³-hybridized carbons (Fsp3) is 0.250. The van der Waals surface area contributed by atoms with Crippen LogP contribution in [0.1, 0.15) is 17.5 Å². The number of fused-ring (bicyclic) bond motifs is 1. The van der Waals surface area contributed by atoms with Gasteiger partial charge in [-0.2, -0.15) is 18.1 Å². The van der Waals surface area contributed by atoms with E-state index in [1.165, 1.54) is 6.20 Å². The lowest BCUT2D eigenvalue weighted by Crippen LogP contribution is -2.26. The summed E-state index contributed by atoms with van der Waals surface area (Å²) < 4.78 is 27.5. The van der Waals surface area contributed by atoms with E-state index in [1.54, 1.807) is 12.3 Å². The second-order valence-electron chi connectivity index (χ2n) is 7.21. The van der Waals surface area contributed by atoms with Gasteiger partial charge >= 0.3 is 5.69 Å². The highest BCUT2D eigenvalue weighted by Crippen LogP contribution is 2.32. The minimum atomic E-state index is -1.94. The Labute approximate surface area is 175 Å². The molecule has 1 aliphatic rings. The maximum absolute atomic E-state index is 12.9. The van der Waals surface area contributed by atoms with E-state index in [4.69, 9.17) is 5.73 Å². The lowest BCUT2D eigenvalue weighted by atomic mass is 9.94. The van der Waals surface area contributed by atoms with Crippen molar-refractivity contribution in [3.05, 3.63) is 63.9 Å². The summed E-state index contributed by atoms with van der Waals surface area (Å²) in [5.41, 5.74) is 8.95. The summed E-state index contributed by atoms with van der Waals surface area (Å²) in [6.45, 7) is 1.07. The van der Waals surface area contributed by atoms with Gasteiger partial charge in [0.15, 0.2) is 0 Å². The van der Waals surface area contributed by atoms with Crippen LogP contribution in [0.25, 0.3) is 16.8 Å². The first-order valence-electron chi connectivity index (χ1n) is 9.52.